The Hall–Kier alpha value is -1.76. The number of aromatic nitrogens is 5. The molecule has 0 amide bonds. The van der Waals surface area contributed by atoms with Gasteiger partial charge in [0.2, 0.25) is 0 Å². The summed E-state index contributed by atoms with van der Waals surface area (Å²) in [4.78, 5) is 4.09. The molecule has 7 nitrogen and oxygen atoms in total. The Labute approximate surface area is 105 Å². The van der Waals surface area contributed by atoms with Gasteiger partial charge < -0.3 is 10.4 Å². The molecule has 0 fully saturated rings. The van der Waals surface area contributed by atoms with E-state index in [-0.39, 0.29) is 18.1 Å². The first kappa shape index (κ1) is 12.7. The van der Waals surface area contributed by atoms with Crippen LogP contribution in [-0.2, 0) is 0 Å². The fourth-order valence-electron chi connectivity index (χ4n) is 1.80. The minimum Gasteiger partial charge on any atom is -0.396 e. The molecular weight excluding hydrogens is 232 g/mol. The van der Waals surface area contributed by atoms with Gasteiger partial charge in [-0.05, 0) is 22.3 Å². The number of tetrazole rings is 1. The van der Waals surface area contributed by atoms with E-state index < -0.39 is 0 Å². The summed E-state index contributed by atoms with van der Waals surface area (Å²) >= 11 is 0. The van der Waals surface area contributed by atoms with Gasteiger partial charge in [-0.1, -0.05) is 20.8 Å². The normalized spacial score (nSPS) is 13.8. The van der Waals surface area contributed by atoms with E-state index in [0.29, 0.717) is 12.1 Å². The molecular formula is C11H18N6O. The molecule has 2 N–H and O–H groups in total. The third-order valence-electron chi connectivity index (χ3n) is 2.89. The average Bonchev–Trinajstić information content (AvgIpc) is 2.76. The van der Waals surface area contributed by atoms with Crippen molar-refractivity contribution in [2.45, 2.75) is 33.2 Å². The molecule has 7 heteroatoms. The highest BCUT2D eigenvalue weighted by Crippen LogP contribution is 2.25. The van der Waals surface area contributed by atoms with Crippen molar-refractivity contribution < 1.29 is 5.11 Å². The Bertz CT molecular complexity index is 517. The maximum absolute atomic E-state index is 9.15. The molecule has 2 aromatic rings. The van der Waals surface area contributed by atoms with Crippen molar-refractivity contribution in [2.24, 2.45) is 5.41 Å². The van der Waals surface area contributed by atoms with Crippen molar-refractivity contribution in [1.82, 2.24) is 25.0 Å². The molecule has 0 aliphatic heterocycles. The van der Waals surface area contributed by atoms with Crippen LogP contribution in [0.2, 0.25) is 0 Å². The van der Waals surface area contributed by atoms with Crippen LogP contribution in [0.5, 0.6) is 0 Å². The van der Waals surface area contributed by atoms with E-state index in [1.54, 1.807) is 16.9 Å². The maximum atomic E-state index is 9.15. The van der Waals surface area contributed by atoms with Crippen LogP contribution in [0.15, 0.2) is 12.4 Å². The molecule has 0 aromatic carbocycles. The summed E-state index contributed by atoms with van der Waals surface area (Å²) in [7, 11) is 0. The third-order valence-corrected chi connectivity index (χ3v) is 2.89. The van der Waals surface area contributed by atoms with Crippen molar-refractivity contribution in [3.8, 4) is 0 Å². The molecule has 2 aromatic heterocycles. The zero-order valence-electron chi connectivity index (χ0n) is 10.8. The number of aliphatic hydroxyl groups is 1. The zero-order valence-corrected chi connectivity index (χ0v) is 10.8. The number of rotatable bonds is 4. The van der Waals surface area contributed by atoms with Crippen molar-refractivity contribution in [2.75, 3.05) is 11.9 Å². The topological polar surface area (TPSA) is 88.2 Å². The summed E-state index contributed by atoms with van der Waals surface area (Å²) in [5.74, 6) is 0.728. The van der Waals surface area contributed by atoms with E-state index in [1.807, 2.05) is 0 Å². The van der Waals surface area contributed by atoms with Crippen LogP contribution in [0, 0.1) is 5.41 Å². The second kappa shape index (κ2) is 4.85. The summed E-state index contributed by atoms with van der Waals surface area (Å²) in [6.07, 6.45) is 3.94. The molecule has 1 unspecified atom stereocenters. The van der Waals surface area contributed by atoms with Crippen molar-refractivity contribution in [3.63, 3.8) is 0 Å². The third kappa shape index (κ3) is 2.56. The van der Waals surface area contributed by atoms with E-state index >= 15 is 0 Å². The SMILES string of the molecule is CC(C)(C)C(CCO)Nc1cncc2nnnn12. The Balaban J connectivity index is 2.28. The van der Waals surface area contributed by atoms with Crippen molar-refractivity contribution >= 4 is 11.5 Å². The molecule has 0 aliphatic rings. The second-order valence-corrected chi connectivity index (χ2v) is 5.32. The molecule has 2 rings (SSSR count). The first-order chi connectivity index (χ1) is 8.52. The largest absolute Gasteiger partial charge is 0.396 e. The number of anilines is 1. The van der Waals surface area contributed by atoms with Crippen LogP contribution in [0.3, 0.4) is 0 Å². The van der Waals surface area contributed by atoms with Gasteiger partial charge in [-0.3, -0.25) is 4.98 Å². The molecule has 2 heterocycles. The average molecular weight is 250 g/mol. The molecule has 0 aliphatic carbocycles. The Morgan fingerprint density at radius 1 is 1.39 bits per heavy atom. The fourth-order valence-corrected chi connectivity index (χ4v) is 1.80. The molecule has 0 bridgehead atoms. The first-order valence-corrected chi connectivity index (χ1v) is 5.92. The predicted molar refractivity (Wildman–Crippen MR) is 67.1 cm³/mol. The molecule has 0 radical (unpaired) electrons. The van der Waals surface area contributed by atoms with Crippen LogP contribution in [-0.4, -0.2) is 42.8 Å². The smallest absolute Gasteiger partial charge is 0.199 e. The highest BCUT2D eigenvalue weighted by atomic mass is 16.3. The summed E-state index contributed by atoms with van der Waals surface area (Å²) in [6, 6.07) is 0.110. The second-order valence-electron chi connectivity index (χ2n) is 5.32. The summed E-state index contributed by atoms with van der Waals surface area (Å²) < 4.78 is 1.60. The van der Waals surface area contributed by atoms with Crippen LogP contribution < -0.4 is 5.32 Å². The lowest BCUT2D eigenvalue weighted by atomic mass is 9.85. The predicted octanol–water partition coefficient (Wildman–Crippen LogP) is 0.728. The van der Waals surface area contributed by atoms with Gasteiger partial charge in [-0.2, -0.15) is 4.52 Å². The van der Waals surface area contributed by atoms with Gasteiger partial charge in [-0.25, -0.2) is 0 Å². The maximum Gasteiger partial charge on any atom is 0.199 e. The van der Waals surface area contributed by atoms with E-state index in [9.17, 15) is 0 Å². The number of fused-ring (bicyclic) bond motifs is 1. The van der Waals surface area contributed by atoms with E-state index in [0.717, 1.165) is 5.82 Å². The lowest BCUT2D eigenvalue weighted by molar-refractivity contribution is 0.235. The lowest BCUT2D eigenvalue weighted by Gasteiger charge is -2.31. The summed E-state index contributed by atoms with van der Waals surface area (Å²) in [6.45, 7) is 6.49. The fraction of sp³-hybridized carbons (Fsp3) is 0.636. The molecule has 0 saturated carbocycles. The zero-order chi connectivity index (χ0) is 13.2. The van der Waals surface area contributed by atoms with Crippen molar-refractivity contribution in [3.05, 3.63) is 12.4 Å². The summed E-state index contributed by atoms with van der Waals surface area (Å²) in [5, 5.41) is 23.9. The van der Waals surface area contributed by atoms with Gasteiger partial charge in [-0.15, -0.1) is 5.10 Å². The minimum absolute atomic E-state index is 0.0128. The van der Waals surface area contributed by atoms with Gasteiger partial charge in [0.1, 0.15) is 0 Å². The number of hydrogen-bond acceptors (Lipinski definition) is 6. The standard InChI is InChI=1S/C11H18N6O/c1-11(2,3)8(4-5-18)13-9-6-12-7-10-14-15-16-17(9)10/h6-8,13,18H,4-5H2,1-3H3. The number of hydrogen-bond donors (Lipinski definition) is 2. The van der Waals surface area contributed by atoms with Crippen LogP contribution in [0.25, 0.3) is 5.65 Å². The van der Waals surface area contributed by atoms with Gasteiger partial charge in [0.25, 0.3) is 0 Å². The first-order valence-electron chi connectivity index (χ1n) is 5.92. The quantitative estimate of drug-likeness (QED) is 0.831. The number of aliphatic hydroxyl groups excluding tert-OH is 1. The van der Waals surface area contributed by atoms with Crippen LogP contribution >= 0.6 is 0 Å². The highest BCUT2D eigenvalue weighted by molar-refractivity contribution is 5.44. The van der Waals surface area contributed by atoms with Gasteiger partial charge in [0, 0.05) is 12.6 Å². The van der Waals surface area contributed by atoms with Crippen LogP contribution in [0.4, 0.5) is 5.82 Å². The Morgan fingerprint density at radius 2 is 2.17 bits per heavy atom. The van der Waals surface area contributed by atoms with E-state index in [2.05, 4.69) is 46.6 Å². The summed E-state index contributed by atoms with van der Waals surface area (Å²) in [5.41, 5.74) is 0.607. The number of nitrogens with one attached hydrogen (secondary N) is 1. The van der Waals surface area contributed by atoms with Gasteiger partial charge >= 0.3 is 0 Å². The molecule has 0 spiro atoms. The monoisotopic (exact) mass is 250 g/mol. The van der Waals surface area contributed by atoms with E-state index in [4.69, 9.17) is 5.11 Å². The Morgan fingerprint density at radius 3 is 2.83 bits per heavy atom. The van der Waals surface area contributed by atoms with Gasteiger partial charge in [0.15, 0.2) is 11.5 Å². The Kier molecular flexibility index (Phi) is 3.42. The van der Waals surface area contributed by atoms with Crippen LogP contribution in [0.1, 0.15) is 27.2 Å². The molecule has 0 saturated heterocycles. The molecule has 1 atom stereocenters. The van der Waals surface area contributed by atoms with E-state index in [1.165, 1.54) is 0 Å². The minimum atomic E-state index is 0.0128. The molecule has 98 valence electrons. The molecule has 18 heavy (non-hydrogen) atoms. The lowest BCUT2D eigenvalue weighted by Crippen LogP contribution is -2.35. The van der Waals surface area contributed by atoms with Crippen molar-refractivity contribution in [1.29, 1.82) is 0 Å². The van der Waals surface area contributed by atoms with Gasteiger partial charge in [0.05, 0.1) is 12.4 Å². The number of nitrogens with zero attached hydrogens (tertiary/aromatic N) is 5. The highest BCUT2D eigenvalue weighted by Gasteiger charge is 2.24.